The van der Waals surface area contributed by atoms with Gasteiger partial charge in [0.1, 0.15) is 17.2 Å². The molecule has 8 nitrogen and oxygen atoms in total. The van der Waals surface area contributed by atoms with Gasteiger partial charge in [0.25, 0.3) is 15.9 Å². The van der Waals surface area contributed by atoms with Crippen LogP contribution in [0.1, 0.15) is 23.7 Å². The molecule has 0 aliphatic rings. The number of anilines is 1. The van der Waals surface area contributed by atoms with E-state index in [1.165, 1.54) is 18.3 Å². The minimum Gasteiger partial charge on any atom is -0.382 e. The van der Waals surface area contributed by atoms with Crippen LogP contribution in [0.2, 0.25) is 0 Å². The maximum atomic E-state index is 13.9. The van der Waals surface area contributed by atoms with Crippen LogP contribution >= 0.6 is 0 Å². The first-order chi connectivity index (χ1) is 15.2. The van der Waals surface area contributed by atoms with Crippen LogP contribution in [0.3, 0.4) is 0 Å². The predicted molar refractivity (Wildman–Crippen MR) is 115 cm³/mol. The Morgan fingerprint density at radius 3 is 2.66 bits per heavy atom. The van der Waals surface area contributed by atoms with Crippen LogP contribution in [0, 0.1) is 11.6 Å². The molecule has 0 aliphatic heterocycles. The Bertz CT molecular complexity index is 1310. The van der Waals surface area contributed by atoms with Gasteiger partial charge in [-0.05, 0) is 43.7 Å². The van der Waals surface area contributed by atoms with Crippen molar-refractivity contribution in [2.45, 2.75) is 18.2 Å². The molecular formula is C21H21F2N3O5S. The second-order valence-corrected chi connectivity index (χ2v) is 8.46. The van der Waals surface area contributed by atoms with Crippen molar-refractivity contribution in [2.75, 3.05) is 24.5 Å². The van der Waals surface area contributed by atoms with E-state index >= 15 is 0 Å². The highest BCUT2D eigenvalue weighted by Crippen LogP contribution is 2.22. The van der Waals surface area contributed by atoms with Gasteiger partial charge in [0, 0.05) is 42.9 Å². The Kier molecular flexibility index (Phi) is 7.21. The lowest BCUT2D eigenvalue weighted by Gasteiger charge is -2.10. The van der Waals surface area contributed by atoms with Gasteiger partial charge in [-0.2, -0.15) is 0 Å². The zero-order valence-corrected chi connectivity index (χ0v) is 17.9. The first-order valence-corrected chi connectivity index (χ1v) is 11.2. The van der Waals surface area contributed by atoms with Gasteiger partial charge >= 0.3 is 0 Å². The number of sulfonamides is 1. The Morgan fingerprint density at radius 2 is 1.94 bits per heavy atom. The molecule has 0 saturated heterocycles. The lowest BCUT2D eigenvalue weighted by atomic mass is 10.1. The summed E-state index contributed by atoms with van der Waals surface area (Å²) in [7, 11) is -4.29. The summed E-state index contributed by atoms with van der Waals surface area (Å²) in [6.45, 7) is 3.19. The standard InChI is InChI=1S/C21H21F2N3O5S/c1-2-31-9-3-8-24-21(28)16-12-25-18-7-5-14(11-15(18)20(16)27)32(29,30)26-19-6-4-13(22)10-17(19)23/h4-7,10-12,26H,2-3,8-9H2,1H3,(H,24,28)(H,25,27). The van der Waals surface area contributed by atoms with Crippen LogP contribution in [-0.4, -0.2) is 39.1 Å². The fraction of sp³-hybridized carbons (Fsp3) is 0.238. The highest BCUT2D eigenvalue weighted by molar-refractivity contribution is 7.92. The van der Waals surface area contributed by atoms with Gasteiger partial charge in [0.05, 0.1) is 10.6 Å². The molecule has 3 rings (SSSR count). The number of carbonyl (C=O) groups excluding carboxylic acids is 1. The zero-order chi connectivity index (χ0) is 23.3. The molecule has 1 aromatic heterocycles. The van der Waals surface area contributed by atoms with Crippen LogP contribution < -0.4 is 15.5 Å². The number of carbonyl (C=O) groups is 1. The number of amides is 1. The minimum absolute atomic E-state index is 0.0329. The smallest absolute Gasteiger partial charge is 0.262 e. The molecule has 170 valence electrons. The Morgan fingerprint density at radius 1 is 1.16 bits per heavy atom. The number of hydrogen-bond acceptors (Lipinski definition) is 5. The summed E-state index contributed by atoms with van der Waals surface area (Å²) in [6, 6.07) is 6.06. The summed E-state index contributed by atoms with van der Waals surface area (Å²) < 4.78 is 59.4. The normalized spacial score (nSPS) is 11.5. The highest BCUT2D eigenvalue weighted by atomic mass is 32.2. The van der Waals surface area contributed by atoms with Crippen LogP contribution in [0.15, 0.2) is 52.3 Å². The molecule has 2 aromatic carbocycles. The van der Waals surface area contributed by atoms with Crippen molar-refractivity contribution in [2.24, 2.45) is 0 Å². The molecule has 3 aromatic rings. The van der Waals surface area contributed by atoms with Crippen molar-refractivity contribution in [1.29, 1.82) is 0 Å². The van der Waals surface area contributed by atoms with Gasteiger partial charge in [-0.15, -0.1) is 0 Å². The number of pyridine rings is 1. The maximum Gasteiger partial charge on any atom is 0.262 e. The SMILES string of the molecule is CCOCCCNC(=O)c1c[nH]c2ccc(S(=O)(=O)Nc3ccc(F)cc3F)cc2c1=O. The second-order valence-electron chi connectivity index (χ2n) is 6.77. The summed E-state index contributed by atoms with van der Waals surface area (Å²) in [5, 5.41) is 2.58. The zero-order valence-electron chi connectivity index (χ0n) is 17.1. The van der Waals surface area contributed by atoms with E-state index in [2.05, 4.69) is 10.3 Å². The van der Waals surface area contributed by atoms with Crippen molar-refractivity contribution in [3.8, 4) is 0 Å². The topological polar surface area (TPSA) is 117 Å². The number of benzene rings is 2. The molecule has 0 atom stereocenters. The molecule has 0 saturated carbocycles. The fourth-order valence-electron chi connectivity index (χ4n) is 2.93. The number of halogens is 2. The molecule has 1 amide bonds. The van der Waals surface area contributed by atoms with Crippen LogP contribution in [0.4, 0.5) is 14.5 Å². The van der Waals surface area contributed by atoms with E-state index in [1.54, 1.807) is 0 Å². The van der Waals surface area contributed by atoms with Crippen molar-refractivity contribution < 1.29 is 26.7 Å². The lowest BCUT2D eigenvalue weighted by molar-refractivity contribution is 0.0943. The van der Waals surface area contributed by atoms with E-state index in [9.17, 15) is 26.8 Å². The largest absolute Gasteiger partial charge is 0.382 e. The molecule has 3 N–H and O–H groups in total. The summed E-state index contributed by atoms with van der Waals surface area (Å²) in [5.74, 6) is -2.55. The first-order valence-electron chi connectivity index (χ1n) is 9.72. The summed E-state index contributed by atoms with van der Waals surface area (Å²) in [4.78, 5) is 27.6. The first kappa shape index (κ1) is 23.4. The van der Waals surface area contributed by atoms with Crippen LogP contribution in [0.5, 0.6) is 0 Å². The average Bonchev–Trinajstić information content (AvgIpc) is 2.75. The molecule has 0 radical (unpaired) electrons. The third kappa shape index (κ3) is 5.29. The second kappa shape index (κ2) is 9.88. The van der Waals surface area contributed by atoms with E-state index in [1.807, 2.05) is 11.6 Å². The number of aromatic nitrogens is 1. The van der Waals surface area contributed by atoms with Gasteiger partial charge in [0.2, 0.25) is 5.43 Å². The van der Waals surface area contributed by atoms with Gasteiger partial charge in [0.15, 0.2) is 0 Å². The Labute approximate surface area is 182 Å². The molecule has 1 heterocycles. The predicted octanol–water partition coefficient (Wildman–Crippen LogP) is 2.76. The van der Waals surface area contributed by atoms with Gasteiger partial charge in [-0.25, -0.2) is 17.2 Å². The number of fused-ring (bicyclic) bond motifs is 1. The summed E-state index contributed by atoms with van der Waals surface area (Å²) >= 11 is 0. The van der Waals surface area contributed by atoms with Crippen molar-refractivity contribution in [1.82, 2.24) is 10.3 Å². The lowest BCUT2D eigenvalue weighted by Crippen LogP contribution is -2.30. The number of ether oxygens (including phenoxy) is 1. The van der Waals surface area contributed by atoms with E-state index in [-0.39, 0.29) is 15.8 Å². The summed E-state index contributed by atoms with van der Waals surface area (Å²) in [5.41, 5.74) is -0.970. The van der Waals surface area contributed by atoms with Crippen molar-refractivity contribution in [3.63, 3.8) is 0 Å². The molecule has 0 bridgehead atoms. The average molecular weight is 465 g/mol. The van der Waals surface area contributed by atoms with E-state index in [0.29, 0.717) is 37.8 Å². The van der Waals surface area contributed by atoms with E-state index in [4.69, 9.17) is 4.74 Å². The molecular weight excluding hydrogens is 444 g/mol. The molecule has 0 spiro atoms. The van der Waals surface area contributed by atoms with Gasteiger partial charge in [-0.1, -0.05) is 0 Å². The van der Waals surface area contributed by atoms with Crippen LogP contribution in [-0.2, 0) is 14.8 Å². The maximum absolute atomic E-state index is 13.9. The fourth-order valence-corrected chi connectivity index (χ4v) is 4.02. The Balaban J connectivity index is 1.87. The number of aromatic amines is 1. The third-order valence-electron chi connectivity index (χ3n) is 4.54. The number of hydrogen-bond donors (Lipinski definition) is 3. The van der Waals surface area contributed by atoms with E-state index < -0.39 is 38.7 Å². The number of rotatable bonds is 9. The molecule has 0 fully saturated rings. The molecule has 0 aliphatic carbocycles. The monoisotopic (exact) mass is 465 g/mol. The van der Waals surface area contributed by atoms with Crippen molar-refractivity contribution in [3.05, 3.63) is 70.0 Å². The van der Waals surface area contributed by atoms with Gasteiger partial charge < -0.3 is 15.0 Å². The summed E-state index contributed by atoms with van der Waals surface area (Å²) in [6.07, 6.45) is 1.82. The highest BCUT2D eigenvalue weighted by Gasteiger charge is 2.19. The molecule has 0 unspecified atom stereocenters. The number of H-pyrrole nitrogens is 1. The quantitative estimate of drug-likeness (QED) is 0.420. The number of nitrogens with one attached hydrogen (secondary N) is 3. The Hall–Kier alpha value is -3.31. The van der Waals surface area contributed by atoms with Crippen molar-refractivity contribution >= 4 is 32.5 Å². The van der Waals surface area contributed by atoms with Crippen LogP contribution in [0.25, 0.3) is 10.9 Å². The van der Waals surface area contributed by atoms with E-state index in [0.717, 1.165) is 18.2 Å². The molecule has 32 heavy (non-hydrogen) atoms. The van der Waals surface area contributed by atoms with Gasteiger partial charge in [-0.3, -0.25) is 14.3 Å². The molecule has 11 heteroatoms. The third-order valence-corrected chi connectivity index (χ3v) is 5.90. The minimum atomic E-state index is -4.29.